The number of nitrogens with one attached hydrogen (secondary N) is 2. The molecule has 8 heavy (non-hydrogen) atoms. The molecule has 0 aromatic carbocycles. The van der Waals surface area contributed by atoms with Gasteiger partial charge in [0, 0.05) is 33.3 Å². The molecule has 1 rings (SSSR count). The van der Waals surface area contributed by atoms with Gasteiger partial charge < -0.3 is 10.6 Å². The third-order valence-corrected chi connectivity index (χ3v) is 1.12. The Kier molecular flexibility index (Phi) is 0.603. The highest BCUT2D eigenvalue weighted by Crippen LogP contribution is 1.93. The van der Waals surface area contributed by atoms with Crippen LogP contribution in [0.3, 0.4) is 0 Å². The molecule has 0 aromatic heterocycles. The van der Waals surface area contributed by atoms with Crippen LogP contribution in [0.15, 0.2) is 0 Å². The van der Waals surface area contributed by atoms with Crippen LogP contribution in [0, 0.1) is 0 Å². The van der Waals surface area contributed by atoms with Crippen LogP contribution in [-0.2, 0) is 0 Å². The van der Waals surface area contributed by atoms with Crippen molar-refractivity contribution >= 4 is 0 Å². The molecule has 2 nitrogen and oxygen atoms in total. The van der Waals surface area contributed by atoms with Crippen molar-refractivity contribution in [3.63, 3.8) is 0 Å². The predicted octanol–water partition coefficient (Wildman–Crippen LogP) is -0.0438. The maximum Gasteiger partial charge on any atom is 0.0478 e. The first-order chi connectivity index (χ1) is 5.91. The van der Waals surface area contributed by atoms with E-state index < -0.39 is 25.0 Å². The van der Waals surface area contributed by atoms with Crippen LogP contribution in [0.2, 0.25) is 0 Å². The minimum atomic E-state index is -2.37. The maximum absolute atomic E-state index is 7.69. The van der Waals surface area contributed by atoms with Gasteiger partial charge in [0.15, 0.2) is 0 Å². The summed E-state index contributed by atoms with van der Waals surface area (Å²) in [5.74, 6) is 0. The number of rotatable bonds is 0. The van der Waals surface area contributed by atoms with Crippen LogP contribution in [0.4, 0.5) is 0 Å². The third-order valence-electron chi connectivity index (χ3n) is 1.12. The van der Waals surface area contributed by atoms with E-state index in [0.29, 0.717) is 0 Å². The van der Waals surface area contributed by atoms with Crippen molar-refractivity contribution in [2.45, 2.75) is 25.9 Å². The first kappa shape index (κ1) is 1.96. The summed E-state index contributed by atoms with van der Waals surface area (Å²) in [7, 11) is 0. The average molecular weight is 120 g/mol. The standard InChI is InChI=1S/C6H14N2/c1-5-6(2)8-4-3-7-5/h5-8H,3-4H2,1-2H3/i3D2,4D2,5D,6D. The lowest BCUT2D eigenvalue weighted by Crippen LogP contribution is -2.52. The van der Waals surface area contributed by atoms with Gasteiger partial charge in [-0.3, -0.25) is 0 Å². The van der Waals surface area contributed by atoms with E-state index in [4.69, 9.17) is 8.22 Å². The molecular formula is C6H14N2. The molecule has 0 spiro atoms. The second-order valence-corrected chi connectivity index (χ2v) is 1.75. The zero-order valence-electron chi connectivity index (χ0n) is 11.0. The van der Waals surface area contributed by atoms with Crippen LogP contribution < -0.4 is 10.6 Å². The lowest BCUT2D eigenvalue weighted by atomic mass is 10.1. The average Bonchev–Trinajstić information content (AvgIpc) is 1.78. The van der Waals surface area contributed by atoms with Gasteiger partial charge in [-0.25, -0.2) is 0 Å². The van der Waals surface area contributed by atoms with Crippen molar-refractivity contribution in [1.29, 1.82) is 0 Å². The molecule has 48 valence electrons. The fourth-order valence-electron chi connectivity index (χ4n) is 0.438. The van der Waals surface area contributed by atoms with E-state index in [1.54, 1.807) is 0 Å². The molecule has 0 aliphatic carbocycles. The van der Waals surface area contributed by atoms with E-state index in [9.17, 15) is 0 Å². The van der Waals surface area contributed by atoms with Crippen LogP contribution in [0.1, 0.15) is 22.1 Å². The topological polar surface area (TPSA) is 24.1 Å². The van der Waals surface area contributed by atoms with Crippen molar-refractivity contribution in [2.75, 3.05) is 13.0 Å². The van der Waals surface area contributed by atoms with Crippen LogP contribution in [0.25, 0.3) is 0 Å². The fourth-order valence-corrected chi connectivity index (χ4v) is 0.438. The first-order valence-electron chi connectivity index (χ1n) is 5.50. The zero-order chi connectivity index (χ0) is 11.4. The van der Waals surface area contributed by atoms with E-state index in [1.807, 2.05) is 0 Å². The Hall–Kier alpha value is -0.0800. The van der Waals surface area contributed by atoms with Crippen molar-refractivity contribution in [2.24, 2.45) is 0 Å². The van der Waals surface area contributed by atoms with Crippen molar-refractivity contribution in [3.05, 3.63) is 0 Å². The van der Waals surface area contributed by atoms with Crippen LogP contribution in [0.5, 0.6) is 0 Å². The van der Waals surface area contributed by atoms with Gasteiger partial charge >= 0.3 is 0 Å². The van der Waals surface area contributed by atoms with Crippen LogP contribution >= 0.6 is 0 Å². The fraction of sp³-hybridized carbons (Fsp3) is 1.00. The Morgan fingerprint density at radius 1 is 1.38 bits per heavy atom. The van der Waals surface area contributed by atoms with Crippen molar-refractivity contribution < 1.29 is 8.22 Å². The third kappa shape index (κ3) is 1.20. The lowest BCUT2D eigenvalue weighted by molar-refractivity contribution is 0.358. The molecule has 0 bridgehead atoms. The monoisotopic (exact) mass is 120 g/mol. The summed E-state index contributed by atoms with van der Waals surface area (Å²) < 4.78 is 44.9. The zero-order valence-corrected chi connectivity index (χ0v) is 5.00. The van der Waals surface area contributed by atoms with E-state index in [2.05, 4.69) is 10.6 Å². The van der Waals surface area contributed by atoms with Gasteiger partial charge in [0.05, 0.1) is 0 Å². The van der Waals surface area contributed by atoms with Gasteiger partial charge in [-0.05, 0) is 13.8 Å². The molecule has 2 heteroatoms. The quantitative estimate of drug-likeness (QED) is 0.468. The highest BCUT2D eigenvalue weighted by molar-refractivity contribution is 4.79. The molecule has 2 N–H and O–H groups in total. The normalized spacial score (nSPS) is 81.8. The lowest BCUT2D eigenvalue weighted by Gasteiger charge is -2.27. The van der Waals surface area contributed by atoms with Gasteiger partial charge in [0.2, 0.25) is 0 Å². The molecule has 0 aromatic rings. The Balaban J connectivity index is 3.07. The molecule has 2 atom stereocenters. The highest BCUT2D eigenvalue weighted by Gasteiger charge is 2.13. The van der Waals surface area contributed by atoms with Crippen LogP contribution in [-0.4, -0.2) is 25.0 Å². The van der Waals surface area contributed by atoms with Gasteiger partial charge in [-0.15, -0.1) is 0 Å². The minimum absolute atomic E-state index is 1.33. The smallest absolute Gasteiger partial charge is 0.0478 e. The summed E-state index contributed by atoms with van der Waals surface area (Å²) in [5, 5.41) is 4.38. The first-order valence-corrected chi connectivity index (χ1v) is 2.50. The summed E-state index contributed by atoms with van der Waals surface area (Å²) in [5.41, 5.74) is 0. The largest absolute Gasteiger partial charge is 0.311 e. The summed E-state index contributed by atoms with van der Waals surface area (Å²) in [4.78, 5) is 0. The minimum Gasteiger partial charge on any atom is -0.311 e. The summed E-state index contributed by atoms with van der Waals surface area (Å²) in [6.07, 6.45) is 0. The molecule has 0 amide bonds. The van der Waals surface area contributed by atoms with Crippen molar-refractivity contribution in [1.82, 2.24) is 10.6 Å². The molecule has 1 aliphatic rings. The second kappa shape index (κ2) is 2.46. The SMILES string of the molecule is [2H]C1([2H])NC([2H])(C)C([2H])(C)NC1([2H])[2H]. The molecule has 1 fully saturated rings. The molecular weight excluding hydrogens is 100 g/mol. The van der Waals surface area contributed by atoms with Gasteiger partial charge in [0.1, 0.15) is 0 Å². The summed E-state index contributed by atoms with van der Waals surface area (Å²) in [6.45, 7) is -2.08. The van der Waals surface area contributed by atoms with Gasteiger partial charge in [-0.1, -0.05) is 0 Å². The second-order valence-electron chi connectivity index (χ2n) is 1.75. The molecule has 1 saturated heterocycles. The molecule has 0 saturated carbocycles. The number of hydrogen-bond donors (Lipinski definition) is 2. The maximum atomic E-state index is 7.69. The molecule has 2 unspecified atom stereocenters. The number of piperazine rings is 1. The van der Waals surface area contributed by atoms with E-state index in [-0.39, 0.29) is 0 Å². The van der Waals surface area contributed by atoms with E-state index in [0.717, 1.165) is 0 Å². The Labute approximate surface area is 59.1 Å². The van der Waals surface area contributed by atoms with Gasteiger partial charge in [-0.2, -0.15) is 0 Å². The summed E-state index contributed by atoms with van der Waals surface area (Å²) in [6, 6.07) is -3.19. The molecule has 1 heterocycles. The van der Waals surface area contributed by atoms with E-state index in [1.165, 1.54) is 13.8 Å². The Morgan fingerprint density at radius 3 is 2.12 bits per heavy atom. The highest BCUT2D eigenvalue weighted by atomic mass is 15.1. The van der Waals surface area contributed by atoms with Gasteiger partial charge in [0.25, 0.3) is 0 Å². The van der Waals surface area contributed by atoms with E-state index >= 15 is 0 Å². The Bertz CT molecular complexity index is 199. The molecule has 0 radical (unpaired) electrons. The Morgan fingerprint density at radius 2 is 1.75 bits per heavy atom. The van der Waals surface area contributed by atoms with Crippen molar-refractivity contribution in [3.8, 4) is 0 Å². The molecule has 1 aliphatic heterocycles. The summed E-state index contributed by atoms with van der Waals surface area (Å²) >= 11 is 0. The predicted molar refractivity (Wildman–Crippen MR) is 34.9 cm³/mol. The number of hydrogen-bond acceptors (Lipinski definition) is 2.